The van der Waals surface area contributed by atoms with E-state index in [0.717, 1.165) is 24.8 Å². The number of nitrogens with one attached hydrogen (secondary N) is 2. The summed E-state index contributed by atoms with van der Waals surface area (Å²) in [4.78, 5) is 29.9. The molecule has 0 saturated heterocycles. The van der Waals surface area contributed by atoms with E-state index in [1.165, 1.54) is 0 Å². The largest absolute Gasteiger partial charge is 0.467 e. The first-order chi connectivity index (χ1) is 14.0. The van der Waals surface area contributed by atoms with E-state index in [1.807, 2.05) is 30.3 Å². The maximum absolute atomic E-state index is 13.0. The zero-order valence-corrected chi connectivity index (χ0v) is 16.5. The molecule has 2 amide bonds. The molecule has 29 heavy (non-hydrogen) atoms. The Labute approximate surface area is 170 Å². The minimum Gasteiger partial charge on any atom is -0.467 e. The Kier molecular flexibility index (Phi) is 4.12. The summed E-state index contributed by atoms with van der Waals surface area (Å²) in [5.74, 6) is 0.681. The van der Waals surface area contributed by atoms with E-state index in [0.29, 0.717) is 24.3 Å². The number of hydrogen-bond acceptors (Lipinski definition) is 4. The van der Waals surface area contributed by atoms with Crippen LogP contribution in [0.25, 0.3) is 0 Å². The molecule has 1 spiro atoms. The fraction of sp³-hybridized carbons (Fsp3) is 0.435. The predicted octanol–water partition coefficient (Wildman–Crippen LogP) is 3.04. The fourth-order valence-electron chi connectivity index (χ4n) is 5.47. The predicted molar refractivity (Wildman–Crippen MR) is 107 cm³/mol. The summed E-state index contributed by atoms with van der Waals surface area (Å²) in [7, 11) is 0. The second-order valence-corrected chi connectivity index (χ2v) is 8.88. The Morgan fingerprint density at radius 3 is 2.97 bits per heavy atom. The maximum atomic E-state index is 13.0. The van der Waals surface area contributed by atoms with E-state index >= 15 is 0 Å². The van der Waals surface area contributed by atoms with E-state index in [2.05, 4.69) is 22.5 Å². The van der Waals surface area contributed by atoms with Crippen molar-refractivity contribution < 1.29 is 14.3 Å². The molecule has 1 aliphatic heterocycles. The Balaban J connectivity index is 1.35. The quantitative estimate of drug-likeness (QED) is 0.843. The van der Waals surface area contributed by atoms with Gasteiger partial charge in [0.05, 0.1) is 5.56 Å². The molecular weight excluding hydrogens is 366 g/mol. The van der Waals surface area contributed by atoms with Crippen molar-refractivity contribution in [1.82, 2.24) is 15.6 Å². The average Bonchev–Trinajstić information content (AvgIpc) is 2.72. The number of carbonyl (C=O) groups excluding carboxylic acids is 2. The smallest absolute Gasteiger partial charge is 0.258 e. The topological polar surface area (TPSA) is 80.3 Å². The summed E-state index contributed by atoms with van der Waals surface area (Å²) in [6.45, 7) is 2.64. The van der Waals surface area contributed by atoms with E-state index in [4.69, 9.17) is 4.74 Å². The lowest BCUT2D eigenvalue weighted by atomic mass is 9.52. The van der Waals surface area contributed by atoms with Crippen LogP contribution in [0.2, 0.25) is 0 Å². The van der Waals surface area contributed by atoms with Crippen LogP contribution in [0.15, 0.2) is 48.8 Å². The molecule has 0 radical (unpaired) electrons. The van der Waals surface area contributed by atoms with Crippen LogP contribution < -0.4 is 15.4 Å². The Hall–Kier alpha value is -2.89. The van der Waals surface area contributed by atoms with Gasteiger partial charge in [0.2, 0.25) is 5.91 Å². The average molecular weight is 391 g/mol. The fourth-order valence-corrected chi connectivity index (χ4v) is 5.47. The molecule has 150 valence electrons. The van der Waals surface area contributed by atoms with Crippen LogP contribution in [0.1, 0.15) is 48.5 Å². The lowest BCUT2D eigenvalue weighted by Crippen LogP contribution is -2.69. The molecule has 6 rings (SSSR count). The van der Waals surface area contributed by atoms with E-state index in [1.54, 1.807) is 18.5 Å². The molecule has 3 aliphatic carbocycles. The highest BCUT2D eigenvalue weighted by Gasteiger charge is 2.61. The van der Waals surface area contributed by atoms with Gasteiger partial charge in [-0.2, -0.15) is 0 Å². The van der Waals surface area contributed by atoms with Crippen LogP contribution in [-0.2, 0) is 11.3 Å². The highest BCUT2D eigenvalue weighted by atomic mass is 16.5. The second kappa shape index (κ2) is 6.58. The molecule has 2 N–H and O–H groups in total. The number of pyridine rings is 1. The second-order valence-electron chi connectivity index (χ2n) is 8.88. The first-order valence-electron chi connectivity index (χ1n) is 10.3. The third kappa shape index (κ3) is 2.98. The molecule has 2 aromatic rings. The molecule has 1 aromatic heterocycles. The first kappa shape index (κ1) is 18.2. The monoisotopic (exact) mass is 391 g/mol. The van der Waals surface area contributed by atoms with Crippen molar-refractivity contribution in [2.45, 2.75) is 44.9 Å². The van der Waals surface area contributed by atoms with Crippen LogP contribution in [0.5, 0.6) is 5.75 Å². The zero-order valence-electron chi connectivity index (χ0n) is 16.5. The lowest BCUT2D eigenvalue weighted by molar-refractivity contribution is -0.167. The Bertz CT molecular complexity index is 963. The number of ether oxygens (including phenoxy) is 1. The van der Waals surface area contributed by atoms with Crippen molar-refractivity contribution in [3.05, 3.63) is 59.9 Å². The number of fused-ring (bicyclic) bond motifs is 3. The molecule has 2 heterocycles. The van der Waals surface area contributed by atoms with Crippen molar-refractivity contribution in [2.24, 2.45) is 17.3 Å². The molecule has 6 heteroatoms. The lowest BCUT2D eigenvalue weighted by Gasteiger charge is -2.59. The van der Waals surface area contributed by atoms with E-state index in [-0.39, 0.29) is 29.1 Å². The van der Waals surface area contributed by atoms with Crippen molar-refractivity contribution in [2.75, 3.05) is 0 Å². The molecule has 4 atom stereocenters. The van der Waals surface area contributed by atoms with Crippen LogP contribution in [0.3, 0.4) is 0 Å². The number of rotatable bonds is 3. The summed E-state index contributed by atoms with van der Waals surface area (Å²) in [5, 5.41) is 6.25. The molecule has 4 aliphatic rings. The number of nitrogens with zero attached hydrogens (tertiary/aromatic N) is 1. The van der Waals surface area contributed by atoms with Gasteiger partial charge >= 0.3 is 0 Å². The summed E-state index contributed by atoms with van der Waals surface area (Å²) in [6, 6.07) is 11.2. The molecular formula is C23H25N3O3. The third-order valence-electron chi connectivity index (χ3n) is 7.01. The summed E-state index contributed by atoms with van der Waals surface area (Å²) < 4.78 is 6.42. The highest BCUT2D eigenvalue weighted by molar-refractivity contribution is 5.98. The summed E-state index contributed by atoms with van der Waals surface area (Å²) >= 11 is 0. The standard InChI is InChI=1S/C23H25N3O3/c1-22-9-8-16(11-18(22)21(28)25-13-15-5-4-10-24-12-15)23(14-22)26-20(27)17-6-2-3-7-19(17)29-23/h2-7,10,12,16,18H,8-9,11,13-14H2,1H3,(H,25,28)(H,26,27)/t16-,18+,22-,23+/m0/s1. The Morgan fingerprint density at radius 2 is 2.17 bits per heavy atom. The van der Waals surface area contributed by atoms with Crippen LogP contribution in [0, 0.1) is 17.3 Å². The van der Waals surface area contributed by atoms with Crippen LogP contribution in [-0.4, -0.2) is 22.5 Å². The minimum absolute atomic E-state index is 0.0819. The molecule has 6 nitrogen and oxygen atoms in total. The van der Waals surface area contributed by atoms with Gasteiger partial charge in [-0.3, -0.25) is 14.6 Å². The van der Waals surface area contributed by atoms with Gasteiger partial charge in [-0.1, -0.05) is 25.1 Å². The summed E-state index contributed by atoms with van der Waals surface area (Å²) in [6.07, 6.45) is 6.78. The van der Waals surface area contributed by atoms with Gasteiger partial charge in [0, 0.05) is 37.2 Å². The normalized spacial score (nSPS) is 32.2. The number of benzene rings is 1. The van der Waals surface area contributed by atoms with Crippen molar-refractivity contribution in [1.29, 1.82) is 0 Å². The van der Waals surface area contributed by atoms with Gasteiger partial charge in [-0.25, -0.2) is 0 Å². The number of amides is 2. The SMILES string of the molecule is C[C@@]12CC[C@@H](C[C@@H]1C(=O)NCc1cccnc1)[C@]1(C2)NC(=O)c2ccccc2O1. The van der Waals surface area contributed by atoms with Crippen molar-refractivity contribution in [3.8, 4) is 5.75 Å². The van der Waals surface area contributed by atoms with E-state index in [9.17, 15) is 9.59 Å². The molecule has 0 unspecified atom stereocenters. The van der Waals surface area contributed by atoms with Gasteiger partial charge in [-0.05, 0) is 48.4 Å². The van der Waals surface area contributed by atoms with Crippen LogP contribution >= 0.6 is 0 Å². The van der Waals surface area contributed by atoms with Gasteiger partial charge in [0.15, 0.2) is 5.72 Å². The maximum Gasteiger partial charge on any atom is 0.258 e. The third-order valence-corrected chi connectivity index (χ3v) is 7.01. The first-order valence-corrected chi connectivity index (χ1v) is 10.3. The molecule has 2 bridgehead atoms. The summed E-state index contributed by atoms with van der Waals surface area (Å²) in [5.41, 5.74) is 0.643. The molecule has 3 saturated carbocycles. The molecule has 1 aromatic carbocycles. The van der Waals surface area contributed by atoms with Crippen molar-refractivity contribution in [3.63, 3.8) is 0 Å². The Morgan fingerprint density at radius 1 is 1.31 bits per heavy atom. The van der Waals surface area contributed by atoms with Crippen LogP contribution in [0.4, 0.5) is 0 Å². The number of hydrogen-bond donors (Lipinski definition) is 2. The number of para-hydroxylation sites is 1. The van der Waals surface area contributed by atoms with E-state index < -0.39 is 5.72 Å². The number of carbonyl (C=O) groups is 2. The van der Waals surface area contributed by atoms with Gasteiger partial charge < -0.3 is 15.4 Å². The van der Waals surface area contributed by atoms with Crippen molar-refractivity contribution >= 4 is 11.8 Å². The van der Waals surface area contributed by atoms with Gasteiger partial charge in [0.1, 0.15) is 5.75 Å². The minimum atomic E-state index is -0.710. The zero-order chi connectivity index (χ0) is 20.1. The number of aromatic nitrogens is 1. The molecule has 3 fully saturated rings. The highest BCUT2D eigenvalue weighted by Crippen LogP contribution is 2.58. The van der Waals surface area contributed by atoms with Gasteiger partial charge in [-0.15, -0.1) is 0 Å². The van der Waals surface area contributed by atoms with Gasteiger partial charge in [0.25, 0.3) is 5.91 Å².